The molecule has 0 aromatic carbocycles. The summed E-state index contributed by atoms with van der Waals surface area (Å²) >= 11 is 0. The van der Waals surface area contributed by atoms with Crippen LogP contribution in [0.15, 0.2) is 0 Å². The van der Waals surface area contributed by atoms with E-state index in [1.54, 1.807) is 14.0 Å². The monoisotopic (exact) mass is 111 g/mol. The highest BCUT2D eigenvalue weighted by Crippen LogP contribution is 1.76. The summed E-state index contributed by atoms with van der Waals surface area (Å²) in [4.78, 5) is 11.7. The highest BCUT2D eigenvalue weighted by atomic mass is 16.2. The van der Waals surface area contributed by atoms with Crippen LogP contribution in [0.25, 0.3) is 0 Å². The van der Waals surface area contributed by atoms with Crippen LogP contribution in [0.4, 0.5) is 0 Å². The molecule has 44 valence electrons. The van der Waals surface area contributed by atoms with E-state index in [4.69, 9.17) is 0 Å². The zero-order valence-corrected chi connectivity index (χ0v) is 5.36. The lowest BCUT2D eigenvalue weighted by Gasteiger charge is -2.01. The van der Waals surface area contributed by atoms with Gasteiger partial charge in [-0.3, -0.25) is 9.69 Å². The van der Waals surface area contributed by atoms with Crippen LogP contribution in [0.5, 0.6) is 0 Å². The number of carbonyl (C=O) groups excluding carboxylic acids is 1. The molecule has 8 heavy (non-hydrogen) atoms. The van der Waals surface area contributed by atoms with Gasteiger partial charge >= 0.3 is 0 Å². The molecule has 0 bridgehead atoms. The van der Waals surface area contributed by atoms with Crippen LogP contribution in [-0.2, 0) is 4.79 Å². The van der Waals surface area contributed by atoms with E-state index in [-0.39, 0.29) is 5.91 Å². The molecule has 0 unspecified atom stereocenters. The number of amides is 1. The van der Waals surface area contributed by atoms with Gasteiger partial charge in [-0.2, -0.15) is 0 Å². The van der Waals surface area contributed by atoms with Gasteiger partial charge in [0.1, 0.15) is 0 Å². The lowest BCUT2D eigenvalue weighted by Crippen LogP contribution is -2.16. The smallest absolute Gasteiger partial charge is 0.230 e. The van der Waals surface area contributed by atoms with Crippen molar-refractivity contribution in [3.63, 3.8) is 0 Å². The molecule has 0 aliphatic rings. The molecule has 0 atom stereocenters. The zero-order chi connectivity index (χ0) is 6.57. The molecule has 0 saturated carbocycles. The summed E-state index contributed by atoms with van der Waals surface area (Å²) in [5.41, 5.74) is 0. The first-order chi connectivity index (χ1) is 3.68. The highest BCUT2D eigenvalue weighted by Gasteiger charge is 1.92. The molecule has 0 spiro atoms. The van der Waals surface area contributed by atoms with Crippen molar-refractivity contribution >= 4 is 5.91 Å². The van der Waals surface area contributed by atoms with Gasteiger partial charge in [-0.15, -0.1) is 0 Å². The molecule has 0 aliphatic carbocycles. The van der Waals surface area contributed by atoms with Gasteiger partial charge in [-0.25, -0.2) is 0 Å². The van der Waals surface area contributed by atoms with E-state index < -0.39 is 0 Å². The quantitative estimate of drug-likeness (QED) is 0.328. The standard InChI is InChI=1S/C6H9NO/c1-4-5-7(3)6(2)8/h1-3H3. The third-order valence-electron chi connectivity index (χ3n) is 0.752. The number of hydrogen-bond acceptors (Lipinski definition) is 1. The Labute approximate surface area is 49.5 Å². The van der Waals surface area contributed by atoms with Crippen LogP contribution in [0.1, 0.15) is 13.8 Å². The summed E-state index contributed by atoms with van der Waals surface area (Å²) < 4.78 is 0. The third-order valence-corrected chi connectivity index (χ3v) is 0.752. The van der Waals surface area contributed by atoms with Gasteiger partial charge in [0.15, 0.2) is 0 Å². The van der Waals surface area contributed by atoms with Crippen molar-refractivity contribution in [1.29, 1.82) is 0 Å². The molecule has 0 heterocycles. The molecule has 0 rings (SSSR count). The average molecular weight is 111 g/mol. The van der Waals surface area contributed by atoms with Gasteiger partial charge in [0, 0.05) is 20.0 Å². The third kappa shape index (κ3) is 2.25. The Morgan fingerprint density at radius 3 is 2.25 bits per heavy atom. The lowest BCUT2D eigenvalue weighted by molar-refractivity contribution is -0.124. The van der Waals surface area contributed by atoms with Crippen molar-refractivity contribution < 1.29 is 4.79 Å². The molecule has 0 saturated heterocycles. The van der Waals surface area contributed by atoms with E-state index >= 15 is 0 Å². The predicted octanol–water partition coefficient (Wildman–Crippen LogP) is 0.446. The van der Waals surface area contributed by atoms with Crippen molar-refractivity contribution in [2.24, 2.45) is 0 Å². The first-order valence-electron chi connectivity index (χ1n) is 2.35. The minimum atomic E-state index is -0.0284. The van der Waals surface area contributed by atoms with Crippen molar-refractivity contribution in [3.05, 3.63) is 0 Å². The van der Waals surface area contributed by atoms with E-state index in [2.05, 4.69) is 12.0 Å². The molecule has 0 aliphatic heterocycles. The van der Waals surface area contributed by atoms with Crippen LogP contribution in [0.3, 0.4) is 0 Å². The Morgan fingerprint density at radius 1 is 1.62 bits per heavy atom. The van der Waals surface area contributed by atoms with Crippen LogP contribution >= 0.6 is 0 Å². The minimum absolute atomic E-state index is 0.0284. The summed E-state index contributed by atoms with van der Waals surface area (Å²) in [6, 6.07) is 2.58. The molecule has 0 radical (unpaired) electrons. The van der Waals surface area contributed by atoms with Gasteiger partial charge < -0.3 is 0 Å². The maximum Gasteiger partial charge on any atom is 0.230 e. The predicted molar refractivity (Wildman–Crippen MR) is 31.9 cm³/mol. The SMILES string of the molecule is CC#CN(C)C(C)=O. The fourth-order valence-corrected chi connectivity index (χ4v) is 0.246. The maximum absolute atomic E-state index is 10.4. The first-order valence-corrected chi connectivity index (χ1v) is 2.35. The molecule has 0 fully saturated rings. The topological polar surface area (TPSA) is 20.3 Å². The van der Waals surface area contributed by atoms with Crippen molar-refractivity contribution in [2.45, 2.75) is 13.8 Å². The molecular formula is C6H9NO. The lowest BCUT2D eigenvalue weighted by atomic mass is 10.6. The highest BCUT2D eigenvalue weighted by molar-refractivity contribution is 5.74. The van der Waals surface area contributed by atoms with Gasteiger partial charge in [-0.05, 0) is 6.92 Å². The zero-order valence-electron chi connectivity index (χ0n) is 5.36. The summed E-state index contributed by atoms with van der Waals surface area (Å²) in [5, 5.41) is 0. The van der Waals surface area contributed by atoms with Crippen LogP contribution in [0, 0.1) is 12.0 Å². The Bertz CT molecular complexity index is 140. The van der Waals surface area contributed by atoms with Crippen molar-refractivity contribution in [2.75, 3.05) is 7.05 Å². The number of hydrogen-bond donors (Lipinski definition) is 0. The molecule has 2 nitrogen and oxygen atoms in total. The Morgan fingerprint density at radius 2 is 2.12 bits per heavy atom. The molecule has 0 N–H and O–H groups in total. The summed E-state index contributed by atoms with van der Waals surface area (Å²) in [7, 11) is 1.64. The van der Waals surface area contributed by atoms with Crippen molar-refractivity contribution in [1.82, 2.24) is 4.90 Å². The van der Waals surface area contributed by atoms with Crippen LogP contribution in [-0.4, -0.2) is 17.9 Å². The van der Waals surface area contributed by atoms with E-state index in [1.807, 2.05) is 0 Å². The summed E-state index contributed by atoms with van der Waals surface area (Å²) in [6.45, 7) is 3.17. The van der Waals surface area contributed by atoms with Crippen molar-refractivity contribution in [3.8, 4) is 12.0 Å². The van der Waals surface area contributed by atoms with Gasteiger partial charge in [0.05, 0.1) is 0 Å². The van der Waals surface area contributed by atoms with Gasteiger partial charge in [-0.1, -0.05) is 5.92 Å². The van der Waals surface area contributed by atoms with E-state index in [9.17, 15) is 4.79 Å². The van der Waals surface area contributed by atoms with Crippen LogP contribution in [0.2, 0.25) is 0 Å². The van der Waals surface area contributed by atoms with Gasteiger partial charge in [0.25, 0.3) is 0 Å². The summed E-state index contributed by atoms with van der Waals surface area (Å²) in [5.74, 6) is 2.58. The van der Waals surface area contributed by atoms with E-state index in [0.29, 0.717) is 0 Å². The van der Waals surface area contributed by atoms with Crippen LogP contribution < -0.4 is 0 Å². The number of rotatable bonds is 0. The van der Waals surface area contributed by atoms with Gasteiger partial charge in [0.2, 0.25) is 5.91 Å². The fraction of sp³-hybridized carbons (Fsp3) is 0.500. The molecule has 0 aromatic rings. The molecule has 2 heteroatoms. The second-order valence-electron chi connectivity index (χ2n) is 1.44. The molecular weight excluding hydrogens is 102 g/mol. The average Bonchev–Trinajstić information content (AvgIpc) is 1.67. The number of nitrogens with zero attached hydrogens (tertiary/aromatic N) is 1. The normalized spacial score (nSPS) is 6.88. The second kappa shape index (κ2) is 3.09. The maximum atomic E-state index is 10.4. The minimum Gasteiger partial charge on any atom is -0.275 e. The Kier molecular flexibility index (Phi) is 2.71. The largest absolute Gasteiger partial charge is 0.275 e. The Balaban J connectivity index is 3.77. The fourth-order valence-electron chi connectivity index (χ4n) is 0.246. The second-order valence-corrected chi connectivity index (χ2v) is 1.44. The molecule has 1 amide bonds. The van der Waals surface area contributed by atoms with E-state index in [1.165, 1.54) is 11.8 Å². The summed E-state index contributed by atoms with van der Waals surface area (Å²) in [6.07, 6.45) is 0. The van der Waals surface area contributed by atoms with E-state index in [0.717, 1.165) is 0 Å². The first kappa shape index (κ1) is 7.03. The number of carbonyl (C=O) groups is 1. The Hall–Kier alpha value is -0.970. The molecule has 0 aromatic heterocycles.